The first-order valence-corrected chi connectivity index (χ1v) is 9.52. The third-order valence-corrected chi connectivity index (χ3v) is 4.79. The predicted octanol–water partition coefficient (Wildman–Crippen LogP) is 1.36. The Hall–Kier alpha value is -3.13. The Balaban J connectivity index is 1.60. The maximum atomic E-state index is 12.4. The lowest BCUT2D eigenvalue weighted by atomic mass is 10.1. The minimum absolute atomic E-state index is 0.0759. The Morgan fingerprint density at radius 3 is 2.90 bits per heavy atom. The number of nitrogens with zero attached hydrogens (tertiary/aromatic N) is 2. The van der Waals surface area contributed by atoms with E-state index in [4.69, 9.17) is 9.47 Å². The molecule has 1 aliphatic rings. The molecule has 8 heteroatoms. The summed E-state index contributed by atoms with van der Waals surface area (Å²) in [6, 6.07) is 10.8. The van der Waals surface area contributed by atoms with E-state index in [0.29, 0.717) is 37.6 Å². The van der Waals surface area contributed by atoms with Crippen LogP contribution >= 0.6 is 0 Å². The number of pyridine rings is 1. The fraction of sp³-hybridized carbons (Fsp3) is 0.381. The molecule has 0 aliphatic carbocycles. The van der Waals surface area contributed by atoms with Crippen LogP contribution in [0, 0.1) is 0 Å². The first-order valence-electron chi connectivity index (χ1n) is 9.52. The van der Waals surface area contributed by atoms with Crippen LogP contribution in [0.15, 0.2) is 42.6 Å². The second-order valence-electron chi connectivity index (χ2n) is 6.81. The highest BCUT2D eigenvalue weighted by atomic mass is 16.5. The van der Waals surface area contributed by atoms with E-state index in [0.717, 1.165) is 11.4 Å². The van der Waals surface area contributed by atoms with Crippen molar-refractivity contribution in [2.45, 2.75) is 19.0 Å². The molecule has 3 rings (SSSR count). The lowest BCUT2D eigenvalue weighted by molar-refractivity contribution is -0.121. The molecule has 29 heavy (non-hydrogen) atoms. The van der Waals surface area contributed by atoms with Gasteiger partial charge in [0, 0.05) is 32.5 Å². The predicted molar refractivity (Wildman–Crippen MR) is 109 cm³/mol. The molecule has 2 heterocycles. The fourth-order valence-corrected chi connectivity index (χ4v) is 3.09. The number of fused-ring (bicyclic) bond motifs is 1. The van der Waals surface area contributed by atoms with Gasteiger partial charge in [-0.2, -0.15) is 0 Å². The van der Waals surface area contributed by atoms with Crippen molar-refractivity contribution in [3.05, 3.63) is 53.9 Å². The van der Waals surface area contributed by atoms with Gasteiger partial charge in [-0.05, 0) is 30.3 Å². The van der Waals surface area contributed by atoms with Gasteiger partial charge in [-0.1, -0.05) is 6.07 Å². The number of aromatic nitrogens is 1. The second-order valence-corrected chi connectivity index (χ2v) is 6.81. The number of ether oxygens (including phenoxy) is 2. The monoisotopic (exact) mass is 398 g/mol. The molecule has 0 bridgehead atoms. The number of hydrogen-bond acceptors (Lipinski definition) is 6. The van der Waals surface area contributed by atoms with E-state index < -0.39 is 0 Å². The van der Waals surface area contributed by atoms with Crippen LogP contribution in [0.3, 0.4) is 0 Å². The maximum absolute atomic E-state index is 12.4. The molecule has 154 valence electrons. The number of carbonyl (C=O) groups excluding carboxylic acids is 2. The summed E-state index contributed by atoms with van der Waals surface area (Å²) < 4.78 is 10.8. The number of carbonyl (C=O) groups is 2. The Morgan fingerprint density at radius 1 is 1.28 bits per heavy atom. The Labute approximate surface area is 170 Å². The molecule has 1 atom stereocenters. The average Bonchev–Trinajstić information content (AvgIpc) is 2.75. The van der Waals surface area contributed by atoms with E-state index in [9.17, 15) is 9.59 Å². The zero-order chi connectivity index (χ0) is 20.6. The molecule has 0 unspecified atom stereocenters. The Kier molecular flexibility index (Phi) is 7.02. The smallest absolute Gasteiger partial charge is 0.251 e. The van der Waals surface area contributed by atoms with Gasteiger partial charge in [-0.3, -0.25) is 14.6 Å². The number of nitrogens with one attached hydrogen (secondary N) is 2. The molecule has 2 amide bonds. The minimum atomic E-state index is -0.173. The molecular formula is C21H26N4O4. The van der Waals surface area contributed by atoms with Gasteiger partial charge < -0.3 is 25.0 Å². The van der Waals surface area contributed by atoms with Crippen LogP contribution in [0.1, 0.15) is 22.5 Å². The summed E-state index contributed by atoms with van der Waals surface area (Å²) in [4.78, 5) is 30.9. The van der Waals surface area contributed by atoms with Crippen molar-refractivity contribution < 1.29 is 19.1 Å². The second kappa shape index (κ2) is 9.88. The van der Waals surface area contributed by atoms with Gasteiger partial charge in [-0.25, -0.2) is 0 Å². The molecule has 2 N–H and O–H groups in total. The Bertz CT molecular complexity index is 844. The number of hydrogen-bond donors (Lipinski definition) is 2. The number of rotatable bonds is 8. The highest BCUT2D eigenvalue weighted by molar-refractivity contribution is 5.95. The molecule has 8 nitrogen and oxygen atoms in total. The van der Waals surface area contributed by atoms with Gasteiger partial charge >= 0.3 is 0 Å². The van der Waals surface area contributed by atoms with Crippen LogP contribution in [0.2, 0.25) is 0 Å². The van der Waals surface area contributed by atoms with Crippen LogP contribution in [-0.2, 0) is 16.1 Å². The summed E-state index contributed by atoms with van der Waals surface area (Å²) >= 11 is 0. The number of methoxy groups -OCH3 is 1. The normalized spacial score (nSPS) is 15.2. The van der Waals surface area contributed by atoms with Crippen LogP contribution in [-0.4, -0.2) is 56.8 Å². The highest BCUT2D eigenvalue weighted by Gasteiger charge is 2.27. The van der Waals surface area contributed by atoms with E-state index in [-0.39, 0.29) is 24.3 Å². The third-order valence-electron chi connectivity index (χ3n) is 4.79. The summed E-state index contributed by atoms with van der Waals surface area (Å²) in [7, 11) is 3.49. The largest absolute Gasteiger partial charge is 0.489 e. The summed E-state index contributed by atoms with van der Waals surface area (Å²) in [6.07, 6.45) is 1.98. The third kappa shape index (κ3) is 5.45. The minimum Gasteiger partial charge on any atom is -0.489 e. The SMILES string of the molecule is COCCNC(=O)c1ccc2c(c1)N(C)[C@@H](CC(=O)NCc1ccccn1)CO2. The van der Waals surface area contributed by atoms with Gasteiger partial charge in [0.05, 0.1) is 37.0 Å². The summed E-state index contributed by atoms with van der Waals surface area (Å²) in [6.45, 7) is 1.69. The molecule has 0 spiro atoms. The fourth-order valence-electron chi connectivity index (χ4n) is 3.09. The topological polar surface area (TPSA) is 92.8 Å². The van der Waals surface area contributed by atoms with Crippen molar-refractivity contribution in [2.24, 2.45) is 0 Å². The van der Waals surface area contributed by atoms with Crippen molar-refractivity contribution in [1.82, 2.24) is 15.6 Å². The number of amides is 2. The van der Waals surface area contributed by atoms with Crippen molar-refractivity contribution in [2.75, 3.05) is 38.8 Å². The quantitative estimate of drug-likeness (QED) is 0.653. The van der Waals surface area contributed by atoms with Crippen molar-refractivity contribution >= 4 is 17.5 Å². The van der Waals surface area contributed by atoms with Crippen LogP contribution in [0.5, 0.6) is 5.75 Å². The van der Waals surface area contributed by atoms with Gasteiger partial charge in [0.1, 0.15) is 12.4 Å². The van der Waals surface area contributed by atoms with Gasteiger partial charge in [0.2, 0.25) is 5.91 Å². The van der Waals surface area contributed by atoms with Crippen molar-refractivity contribution in [1.29, 1.82) is 0 Å². The van der Waals surface area contributed by atoms with Crippen LogP contribution in [0.4, 0.5) is 5.69 Å². The Morgan fingerprint density at radius 2 is 2.14 bits per heavy atom. The van der Waals surface area contributed by atoms with E-state index in [1.165, 1.54) is 0 Å². The molecule has 1 aromatic carbocycles. The first kappa shape index (κ1) is 20.6. The molecule has 0 saturated heterocycles. The molecule has 1 aliphatic heterocycles. The molecular weight excluding hydrogens is 372 g/mol. The summed E-state index contributed by atoms with van der Waals surface area (Å²) in [5.41, 5.74) is 2.14. The first-order chi connectivity index (χ1) is 14.1. The van der Waals surface area contributed by atoms with E-state index in [1.807, 2.05) is 30.1 Å². The zero-order valence-corrected chi connectivity index (χ0v) is 16.7. The molecule has 0 fully saturated rings. The summed E-state index contributed by atoms with van der Waals surface area (Å²) in [5.74, 6) is 0.451. The van der Waals surface area contributed by atoms with Crippen molar-refractivity contribution in [3.8, 4) is 5.75 Å². The highest BCUT2D eigenvalue weighted by Crippen LogP contribution is 2.34. The average molecular weight is 398 g/mol. The summed E-state index contributed by atoms with van der Waals surface area (Å²) in [5, 5.41) is 5.69. The molecule has 2 aromatic rings. The standard InChI is InChI=1S/C21H26N4O4/c1-25-17(12-20(26)24-13-16-5-3-4-8-22-16)14-29-19-7-6-15(11-18(19)25)21(27)23-9-10-28-2/h3-8,11,17H,9-10,12-14H2,1-2H3,(H,23,27)(H,24,26)/t17-/m0/s1. The van der Waals surface area contributed by atoms with Crippen LogP contribution < -0.4 is 20.3 Å². The van der Waals surface area contributed by atoms with Crippen molar-refractivity contribution in [3.63, 3.8) is 0 Å². The lowest BCUT2D eigenvalue weighted by Gasteiger charge is -2.35. The molecule has 1 aromatic heterocycles. The number of likely N-dealkylation sites (N-methyl/N-ethyl adjacent to an activating group) is 1. The van der Waals surface area contributed by atoms with E-state index in [1.54, 1.807) is 31.5 Å². The number of benzene rings is 1. The van der Waals surface area contributed by atoms with Crippen LogP contribution in [0.25, 0.3) is 0 Å². The molecule has 0 saturated carbocycles. The van der Waals surface area contributed by atoms with Gasteiger partial charge in [-0.15, -0.1) is 0 Å². The zero-order valence-electron chi connectivity index (χ0n) is 16.7. The lowest BCUT2D eigenvalue weighted by Crippen LogP contribution is -2.43. The molecule has 0 radical (unpaired) electrons. The maximum Gasteiger partial charge on any atom is 0.251 e. The van der Waals surface area contributed by atoms with Gasteiger partial charge in [0.15, 0.2) is 0 Å². The van der Waals surface area contributed by atoms with E-state index in [2.05, 4.69) is 15.6 Å². The van der Waals surface area contributed by atoms with E-state index >= 15 is 0 Å². The number of anilines is 1. The van der Waals surface area contributed by atoms with Gasteiger partial charge in [0.25, 0.3) is 5.91 Å².